The molecule has 0 aliphatic heterocycles. The summed E-state index contributed by atoms with van der Waals surface area (Å²) >= 11 is 0. The summed E-state index contributed by atoms with van der Waals surface area (Å²) in [7, 11) is 1.67. The lowest BCUT2D eigenvalue weighted by Gasteiger charge is -2.13. The Kier molecular flexibility index (Phi) is 5.79. The fourth-order valence-electron chi connectivity index (χ4n) is 3.38. The molecule has 0 fully saturated rings. The second-order valence-corrected chi connectivity index (χ2v) is 7.31. The molecule has 0 amide bonds. The first-order chi connectivity index (χ1) is 14.7. The standard InChI is InChI=1S/C23H26N6O/c1-16(2)29-22-20(28-23(29)27-18-7-5-4-6-8-18)21(25-15-26-22)24-14-13-17-9-11-19(30-3)12-10-17/h4-12,15-16H,13-14H2,1-3H3,(H,27,28)(H,24,25,26). The number of anilines is 3. The van der Waals surface area contributed by atoms with E-state index in [1.54, 1.807) is 13.4 Å². The summed E-state index contributed by atoms with van der Waals surface area (Å²) in [6, 6.07) is 18.3. The fraction of sp³-hybridized carbons (Fsp3) is 0.261. The Balaban J connectivity index is 1.56. The quantitative estimate of drug-likeness (QED) is 0.440. The first kappa shape index (κ1) is 19.7. The van der Waals surface area contributed by atoms with Crippen LogP contribution in [-0.4, -0.2) is 33.2 Å². The van der Waals surface area contributed by atoms with Crippen LogP contribution in [0.1, 0.15) is 25.5 Å². The third-order valence-corrected chi connectivity index (χ3v) is 4.89. The molecule has 2 heterocycles. The molecule has 4 rings (SSSR count). The molecular weight excluding hydrogens is 376 g/mol. The van der Waals surface area contributed by atoms with Crippen LogP contribution >= 0.6 is 0 Å². The number of benzene rings is 2. The van der Waals surface area contributed by atoms with Crippen molar-refractivity contribution < 1.29 is 4.74 Å². The number of para-hydroxylation sites is 1. The van der Waals surface area contributed by atoms with Crippen LogP contribution in [0.5, 0.6) is 5.75 Å². The van der Waals surface area contributed by atoms with Gasteiger partial charge in [-0.05, 0) is 50.1 Å². The molecule has 2 N–H and O–H groups in total. The number of fused-ring (bicyclic) bond motifs is 1. The van der Waals surface area contributed by atoms with Gasteiger partial charge in [-0.1, -0.05) is 30.3 Å². The SMILES string of the molecule is COc1ccc(CCNc2ncnc3c2nc(Nc2ccccc2)n3C(C)C)cc1. The van der Waals surface area contributed by atoms with E-state index in [9.17, 15) is 0 Å². The Bertz CT molecular complexity index is 1110. The van der Waals surface area contributed by atoms with E-state index in [2.05, 4.69) is 51.1 Å². The number of methoxy groups -OCH3 is 1. The van der Waals surface area contributed by atoms with Crippen molar-refractivity contribution in [2.75, 3.05) is 24.3 Å². The van der Waals surface area contributed by atoms with Gasteiger partial charge in [0.25, 0.3) is 0 Å². The van der Waals surface area contributed by atoms with Crippen molar-refractivity contribution in [1.82, 2.24) is 19.5 Å². The molecule has 154 valence electrons. The van der Waals surface area contributed by atoms with Gasteiger partial charge in [-0.3, -0.25) is 4.57 Å². The van der Waals surface area contributed by atoms with Gasteiger partial charge in [-0.25, -0.2) is 15.0 Å². The molecule has 4 aromatic rings. The van der Waals surface area contributed by atoms with Crippen LogP contribution in [0.3, 0.4) is 0 Å². The minimum atomic E-state index is 0.197. The lowest BCUT2D eigenvalue weighted by atomic mass is 10.1. The zero-order valence-corrected chi connectivity index (χ0v) is 17.5. The summed E-state index contributed by atoms with van der Waals surface area (Å²) in [5.41, 5.74) is 3.79. The maximum absolute atomic E-state index is 5.22. The maximum Gasteiger partial charge on any atom is 0.210 e. The second-order valence-electron chi connectivity index (χ2n) is 7.31. The Morgan fingerprint density at radius 3 is 2.47 bits per heavy atom. The van der Waals surface area contributed by atoms with Gasteiger partial charge in [0.2, 0.25) is 5.95 Å². The molecule has 2 aromatic carbocycles. The lowest BCUT2D eigenvalue weighted by Crippen LogP contribution is -2.08. The molecule has 0 aliphatic carbocycles. The van der Waals surface area contributed by atoms with Gasteiger partial charge >= 0.3 is 0 Å². The van der Waals surface area contributed by atoms with Crippen LogP contribution in [0.4, 0.5) is 17.5 Å². The minimum Gasteiger partial charge on any atom is -0.497 e. The highest BCUT2D eigenvalue weighted by atomic mass is 16.5. The molecule has 2 aromatic heterocycles. The van der Waals surface area contributed by atoms with Crippen molar-refractivity contribution in [3.05, 3.63) is 66.5 Å². The molecule has 0 atom stereocenters. The van der Waals surface area contributed by atoms with Crippen molar-refractivity contribution in [3.8, 4) is 5.75 Å². The van der Waals surface area contributed by atoms with Crippen LogP contribution in [0, 0.1) is 0 Å². The number of nitrogens with zero attached hydrogens (tertiary/aromatic N) is 4. The molecule has 0 spiro atoms. The predicted molar refractivity (Wildman–Crippen MR) is 121 cm³/mol. The van der Waals surface area contributed by atoms with E-state index in [4.69, 9.17) is 9.72 Å². The Hall–Kier alpha value is -3.61. The molecule has 30 heavy (non-hydrogen) atoms. The van der Waals surface area contributed by atoms with Crippen LogP contribution in [0.25, 0.3) is 11.2 Å². The second kappa shape index (κ2) is 8.82. The summed E-state index contributed by atoms with van der Waals surface area (Å²) in [5, 5.41) is 6.83. The first-order valence-corrected chi connectivity index (χ1v) is 10.1. The fourth-order valence-corrected chi connectivity index (χ4v) is 3.38. The molecule has 0 radical (unpaired) electrons. The highest BCUT2D eigenvalue weighted by Crippen LogP contribution is 2.28. The van der Waals surface area contributed by atoms with Crippen molar-refractivity contribution in [2.24, 2.45) is 0 Å². The predicted octanol–water partition coefficient (Wildman–Crippen LogP) is 4.81. The highest BCUT2D eigenvalue weighted by molar-refractivity contribution is 5.86. The molecule has 0 saturated heterocycles. The first-order valence-electron chi connectivity index (χ1n) is 10.1. The van der Waals surface area contributed by atoms with E-state index in [1.807, 2.05) is 42.5 Å². The average molecular weight is 403 g/mol. The zero-order chi connectivity index (χ0) is 20.9. The number of imidazole rings is 1. The monoisotopic (exact) mass is 402 g/mol. The summed E-state index contributed by atoms with van der Waals surface area (Å²) < 4.78 is 7.31. The third kappa shape index (κ3) is 4.20. The van der Waals surface area contributed by atoms with Crippen molar-refractivity contribution in [1.29, 1.82) is 0 Å². The van der Waals surface area contributed by atoms with Crippen LogP contribution < -0.4 is 15.4 Å². The van der Waals surface area contributed by atoms with Gasteiger partial charge in [0.15, 0.2) is 17.0 Å². The number of ether oxygens (including phenoxy) is 1. The number of hydrogen-bond donors (Lipinski definition) is 2. The van der Waals surface area contributed by atoms with Crippen LogP contribution in [0.15, 0.2) is 60.9 Å². The molecule has 0 saturated carbocycles. The zero-order valence-electron chi connectivity index (χ0n) is 17.5. The van der Waals surface area contributed by atoms with Gasteiger partial charge in [0.1, 0.15) is 12.1 Å². The number of rotatable bonds is 8. The minimum absolute atomic E-state index is 0.197. The van der Waals surface area contributed by atoms with Gasteiger partial charge in [-0.15, -0.1) is 0 Å². The van der Waals surface area contributed by atoms with Gasteiger partial charge in [-0.2, -0.15) is 0 Å². The van der Waals surface area contributed by atoms with Crippen molar-refractivity contribution >= 4 is 28.6 Å². The molecule has 7 nitrogen and oxygen atoms in total. The van der Waals surface area contributed by atoms with Crippen LogP contribution in [-0.2, 0) is 6.42 Å². The smallest absolute Gasteiger partial charge is 0.210 e. The third-order valence-electron chi connectivity index (χ3n) is 4.89. The molecule has 7 heteroatoms. The Morgan fingerprint density at radius 1 is 1.00 bits per heavy atom. The summed E-state index contributed by atoms with van der Waals surface area (Å²) in [6.07, 6.45) is 2.46. The van der Waals surface area contributed by atoms with Crippen molar-refractivity contribution in [2.45, 2.75) is 26.3 Å². The molecule has 0 unspecified atom stereocenters. The van der Waals surface area contributed by atoms with E-state index in [-0.39, 0.29) is 6.04 Å². The lowest BCUT2D eigenvalue weighted by molar-refractivity contribution is 0.414. The average Bonchev–Trinajstić information content (AvgIpc) is 3.14. The van der Waals surface area contributed by atoms with E-state index in [0.717, 1.165) is 47.3 Å². The van der Waals surface area contributed by atoms with E-state index in [0.29, 0.717) is 0 Å². The number of nitrogens with one attached hydrogen (secondary N) is 2. The van der Waals surface area contributed by atoms with Crippen LogP contribution in [0.2, 0.25) is 0 Å². The van der Waals surface area contributed by atoms with E-state index in [1.165, 1.54) is 5.56 Å². The largest absolute Gasteiger partial charge is 0.497 e. The molecule has 0 aliphatic rings. The number of hydrogen-bond acceptors (Lipinski definition) is 6. The van der Waals surface area contributed by atoms with E-state index < -0.39 is 0 Å². The molecule has 0 bridgehead atoms. The topological polar surface area (TPSA) is 76.9 Å². The summed E-state index contributed by atoms with van der Waals surface area (Å²) in [6.45, 7) is 4.99. The van der Waals surface area contributed by atoms with E-state index >= 15 is 0 Å². The summed E-state index contributed by atoms with van der Waals surface area (Å²) in [5.74, 6) is 2.36. The molecular formula is C23H26N6O. The summed E-state index contributed by atoms with van der Waals surface area (Å²) in [4.78, 5) is 13.8. The number of aromatic nitrogens is 4. The maximum atomic E-state index is 5.22. The van der Waals surface area contributed by atoms with Gasteiger partial charge < -0.3 is 15.4 Å². The Morgan fingerprint density at radius 2 is 1.77 bits per heavy atom. The Labute approximate surface area is 176 Å². The van der Waals surface area contributed by atoms with Crippen molar-refractivity contribution in [3.63, 3.8) is 0 Å². The van der Waals surface area contributed by atoms with Gasteiger partial charge in [0.05, 0.1) is 7.11 Å². The normalized spacial score (nSPS) is 11.1. The van der Waals surface area contributed by atoms with Gasteiger partial charge in [0, 0.05) is 18.3 Å². The highest BCUT2D eigenvalue weighted by Gasteiger charge is 2.18.